The first-order valence-electron chi connectivity index (χ1n) is 9.92. The van der Waals surface area contributed by atoms with Gasteiger partial charge in [-0.1, -0.05) is 0 Å². The van der Waals surface area contributed by atoms with Crippen LogP contribution in [0.4, 0.5) is 37.7 Å². The lowest BCUT2D eigenvalue weighted by Crippen LogP contribution is -2.11. The standard InChI is InChI=1S/C21H9F6N5O5S/c22-20(23,24)13-1-11(2-14(5-13)21(25,26)27)18-12(8-33)7-30(29-18)19-28-17(9-38-19)10-3-15(31(34)35)6-16(4-10)32(36)37/h1-9H. The van der Waals surface area contributed by atoms with Crippen molar-refractivity contribution in [3.8, 4) is 27.6 Å². The van der Waals surface area contributed by atoms with Crippen molar-refractivity contribution in [2.75, 3.05) is 0 Å². The second-order valence-corrected chi connectivity index (χ2v) is 8.39. The summed E-state index contributed by atoms with van der Waals surface area (Å²) in [5.41, 5.74) is -5.81. The third-order valence-electron chi connectivity index (χ3n) is 5.04. The van der Waals surface area contributed by atoms with Gasteiger partial charge in [-0.05, 0) is 18.2 Å². The van der Waals surface area contributed by atoms with Gasteiger partial charge in [-0.3, -0.25) is 25.0 Å². The smallest absolute Gasteiger partial charge is 0.298 e. The van der Waals surface area contributed by atoms with Crippen molar-refractivity contribution < 1.29 is 41.0 Å². The summed E-state index contributed by atoms with van der Waals surface area (Å²) < 4.78 is 80.5. The van der Waals surface area contributed by atoms with Gasteiger partial charge >= 0.3 is 12.4 Å². The van der Waals surface area contributed by atoms with E-state index in [-0.39, 0.29) is 34.3 Å². The molecule has 0 saturated heterocycles. The molecule has 0 spiro atoms. The molecule has 196 valence electrons. The van der Waals surface area contributed by atoms with Gasteiger partial charge in [0.2, 0.25) is 5.13 Å². The molecule has 2 aromatic heterocycles. The summed E-state index contributed by atoms with van der Waals surface area (Å²) in [7, 11) is 0. The topological polar surface area (TPSA) is 134 Å². The highest BCUT2D eigenvalue weighted by Gasteiger charge is 2.37. The average molecular weight is 557 g/mol. The van der Waals surface area contributed by atoms with Gasteiger partial charge in [0.05, 0.1) is 38.3 Å². The summed E-state index contributed by atoms with van der Waals surface area (Å²) in [6.45, 7) is 0. The molecule has 0 N–H and O–H groups in total. The maximum atomic E-state index is 13.3. The number of nitro groups is 2. The SMILES string of the molecule is O=Cc1cn(-c2nc(-c3cc([N+](=O)[O-])cc([N+](=O)[O-])c3)cs2)nc1-c1cc(C(F)(F)F)cc(C(F)(F)F)c1. The van der Waals surface area contributed by atoms with Crippen molar-refractivity contribution in [3.05, 3.63) is 84.9 Å². The monoisotopic (exact) mass is 557 g/mol. The predicted octanol–water partition coefficient (Wildman–Crippen LogP) is 6.33. The molecule has 0 fully saturated rings. The van der Waals surface area contributed by atoms with E-state index in [0.717, 1.165) is 40.4 Å². The van der Waals surface area contributed by atoms with Gasteiger partial charge in [0.25, 0.3) is 11.4 Å². The number of aldehydes is 1. The number of hydrogen-bond acceptors (Lipinski definition) is 8. The number of halogens is 6. The zero-order valence-corrected chi connectivity index (χ0v) is 19.0. The molecular formula is C21H9F6N5O5S. The Labute approximate surface area is 210 Å². The lowest BCUT2D eigenvalue weighted by Gasteiger charge is -2.13. The number of nitro benzene ring substituents is 2. The summed E-state index contributed by atoms with van der Waals surface area (Å²) >= 11 is 0.842. The number of non-ortho nitro benzene ring substituents is 2. The fraction of sp³-hybridized carbons (Fsp3) is 0.0952. The minimum absolute atomic E-state index is 0.0101. The van der Waals surface area contributed by atoms with E-state index in [0.29, 0.717) is 12.1 Å². The molecule has 0 bridgehead atoms. The molecule has 4 aromatic rings. The molecule has 0 saturated carbocycles. The molecule has 0 atom stereocenters. The van der Waals surface area contributed by atoms with E-state index in [1.165, 1.54) is 5.38 Å². The number of aromatic nitrogens is 3. The number of carbonyl (C=O) groups excluding carboxylic acids is 1. The number of benzene rings is 2. The van der Waals surface area contributed by atoms with E-state index in [2.05, 4.69) is 10.1 Å². The van der Waals surface area contributed by atoms with Crippen molar-refractivity contribution in [1.29, 1.82) is 0 Å². The van der Waals surface area contributed by atoms with Gasteiger partial charge in [-0.15, -0.1) is 11.3 Å². The third-order valence-corrected chi connectivity index (χ3v) is 5.87. The number of nitrogens with zero attached hydrogens (tertiary/aromatic N) is 5. The van der Waals surface area contributed by atoms with Crippen LogP contribution in [0.3, 0.4) is 0 Å². The summed E-state index contributed by atoms with van der Waals surface area (Å²) in [5.74, 6) is 0. The van der Waals surface area contributed by atoms with E-state index in [1.807, 2.05) is 0 Å². The molecule has 2 heterocycles. The van der Waals surface area contributed by atoms with Crippen LogP contribution in [0.5, 0.6) is 0 Å². The largest absolute Gasteiger partial charge is 0.416 e. The summed E-state index contributed by atoms with van der Waals surface area (Å²) in [6.07, 6.45) is -9.03. The molecule has 0 aliphatic carbocycles. The summed E-state index contributed by atoms with van der Waals surface area (Å²) in [6, 6.07) is 3.58. The van der Waals surface area contributed by atoms with Crippen LogP contribution in [0.1, 0.15) is 21.5 Å². The highest BCUT2D eigenvalue weighted by atomic mass is 32.1. The number of rotatable bonds is 6. The van der Waals surface area contributed by atoms with Crippen LogP contribution in [-0.4, -0.2) is 30.9 Å². The summed E-state index contributed by atoms with van der Waals surface area (Å²) in [4.78, 5) is 36.3. The van der Waals surface area contributed by atoms with Crippen LogP contribution in [0.2, 0.25) is 0 Å². The molecule has 4 rings (SSSR count). The lowest BCUT2D eigenvalue weighted by molar-refractivity contribution is -0.394. The van der Waals surface area contributed by atoms with E-state index in [9.17, 15) is 51.4 Å². The third kappa shape index (κ3) is 5.22. The highest BCUT2D eigenvalue weighted by Crippen LogP contribution is 2.39. The van der Waals surface area contributed by atoms with Gasteiger partial charge in [-0.25, -0.2) is 9.67 Å². The molecule has 10 nitrogen and oxygen atoms in total. The molecule has 38 heavy (non-hydrogen) atoms. The van der Waals surface area contributed by atoms with Crippen LogP contribution in [0, 0.1) is 20.2 Å². The number of carbonyl (C=O) groups is 1. The van der Waals surface area contributed by atoms with Crippen molar-refractivity contribution in [2.24, 2.45) is 0 Å². The fourth-order valence-electron chi connectivity index (χ4n) is 3.34. The van der Waals surface area contributed by atoms with Crippen molar-refractivity contribution in [2.45, 2.75) is 12.4 Å². The first-order valence-corrected chi connectivity index (χ1v) is 10.8. The van der Waals surface area contributed by atoms with Crippen molar-refractivity contribution >= 4 is 29.0 Å². The van der Waals surface area contributed by atoms with Gasteiger partial charge in [0.1, 0.15) is 5.69 Å². The molecule has 0 unspecified atom stereocenters. The molecule has 0 aliphatic rings. The maximum absolute atomic E-state index is 13.3. The van der Waals surface area contributed by atoms with Crippen molar-refractivity contribution in [1.82, 2.24) is 14.8 Å². The van der Waals surface area contributed by atoms with E-state index >= 15 is 0 Å². The molecule has 0 radical (unpaired) electrons. The van der Waals surface area contributed by atoms with E-state index in [1.54, 1.807) is 0 Å². The second kappa shape index (κ2) is 9.33. The quantitative estimate of drug-likeness (QED) is 0.117. The Bertz CT molecular complexity index is 1530. The van der Waals surface area contributed by atoms with Crippen LogP contribution < -0.4 is 0 Å². The van der Waals surface area contributed by atoms with Gasteiger partial charge < -0.3 is 0 Å². The Morgan fingerprint density at radius 3 is 1.87 bits per heavy atom. The van der Waals surface area contributed by atoms with Crippen LogP contribution in [-0.2, 0) is 12.4 Å². The first kappa shape index (κ1) is 26.4. The fourth-order valence-corrected chi connectivity index (χ4v) is 4.10. The van der Waals surface area contributed by atoms with E-state index < -0.39 is 56.0 Å². The Kier molecular flexibility index (Phi) is 6.48. The minimum atomic E-state index is -5.12. The minimum Gasteiger partial charge on any atom is -0.298 e. The lowest BCUT2D eigenvalue weighted by atomic mass is 10.0. The molecule has 2 aromatic carbocycles. The zero-order chi connectivity index (χ0) is 28.0. The normalized spacial score (nSPS) is 11.9. The van der Waals surface area contributed by atoms with Crippen LogP contribution in [0.25, 0.3) is 27.6 Å². The van der Waals surface area contributed by atoms with Crippen molar-refractivity contribution in [3.63, 3.8) is 0 Å². The first-order chi connectivity index (χ1) is 17.7. The Balaban J connectivity index is 1.81. The van der Waals surface area contributed by atoms with Crippen LogP contribution in [0.15, 0.2) is 48.0 Å². The Morgan fingerprint density at radius 2 is 1.39 bits per heavy atom. The Hall–Kier alpha value is -4.67. The molecule has 17 heteroatoms. The molecule has 0 aliphatic heterocycles. The average Bonchev–Trinajstić information content (AvgIpc) is 3.50. The Morgan fingerprint density at radius 1 is 0.842 bits per heavy atom. The second-order valence-electron chi connectivity index (χ2n) is 7.56. The number of hydrogen-bond donors (Lipinski definition) is 0. The van der Waals surface area contributed by atoms with Gasteiger partial charge in [0, 0.05) is 34.8 Å². The van der Waals surface area contributed by atoms with E-state index in [4.69, 9.17) is 0 Å². The predicted molar refractivity (Wildman–Crippen MR) is 119 cm³/mol. The molecule has 0 amide bonds. The van der Waals surface area contributed by atoms with Crippen LogP contribution >= 0.6 is 11.3 Å². The zero-order valence-electron chi connectivity index (χ0n) is 18.1. The number of thiazole rings is 1. The summed E-state index contributed by atoms with van der Waals surface area (Å²) in [5, 5.41) is 27.5. The maximum Gasteiger partial charge on any atom is 0.416 e. The number of alkyl halides is 6. The van der Waals surface area contributed by atoms with Gasteiger partial charge in [0.15, 0.2) is 6.29 Å². The molecular weight excluding hydrogens is 548 g/mol. The van der Waals surface area contributed by atoms with Gasteiger partial charge in [-0.2, -0.15) is 31.4 Å². The highest BCUT2D eigenvalue weighted by molar-refractivity contribution is 7.12.